The third-order valence-corrected chi connectivity index (χ3v) is 14.0. The summed E-state index contributed by atoms with van der Waals surface area (Å²) in [7, 11) is 0. The van der Waals surface area contributed by atoms with E-state index in [0.717, 1.165) is 125 Å². The number of nitrogens with zero attached hydrogens (tertiary/aromatic N) is 5. The zero-order valence-corrected chi connectivity index (χ0v) is 38.6. The zero-order chi connectivity index (χ0) is 44.0. The van der Waals surface area contributed by atoms with Crippen molar-refractivity contribution in [3.05, 3.63) is 131 Å². The number of aryl methyl sites for hydroxylation is 3. The van der Waals surface area contributed by atoms with Crippen molar-refractivity contribution in [2.75, 3.05) is 4.90 Å². The van der Waals surface area contributed by atoms with Crippen LogP contribution < -0.4 is 4.90 Å². The van der Waals surface area contributed by atoms with Gasteiger partial charge in [-0.2, -0.15) is 20.3 Å². The summed E-state index contributed by atoms with van der Waals surface area (Å²) in [5.74, 6) is -1.21. The largest absolute Gasteiger partial charge is 0.477 e. The van der Waals surface area contributed by atoms with Crippen LogP contribution in [-0.4, -0.2) is 26.1 Å². The number of anilines is 3. The topological polar surface area (TPSA) is 95.0 Å². The van der Waals surface area contributed by atoms with Gasteiger partial charge in [-0.3, -0.25) is 0 Å². The molecule has 0 amide bonds. The van der Waals surface area contributed by atoms with Gasteiger partial charge in [0, 0.05) is 47.7 Å². The molecule has 0 atom stereocenters. The zero-order valence-electron chi connectivity index (χ0n) is 37.0. The summed E-state index contributed by atoms with van der Waals surface area (Å²) in [6.07, 6.45) is 17.0. The summed E-state index contributed by atoms with van der Waals surface area (Å²) in [6, 6.07) is 40.9. The lowest BCUT2D eigenvalue weighted by molar-refractivity contribution is -0.132. The minimum atomic E-state index is -1.21. The lowest BCUT2D eigenvalue weighted by atomic mass is 10.0. The van der Waals surface area contributed by atoms with Crippen molar-refractivity contribution in [1.29, 1.82) is 5.26 Å². The van der Waals surface area contributed by atoms with Gasteiger partial charge in [-0.25, -0.2) is 4.79 Å². The average Bonchev–Trinajstić information content (AvgIpc) is 4.05. The molecule has 324 valence electrons. The van der Waals surface area contributed by atoms with Crippen molar-refractivity contribution >= 4 is 62.8 Å². The second-order valence-electron chi connectivity index (χ2n) is 16.3. The van der Waals surface area contributed by atoms with Crippen molar-refractivity contribution < 1.29 is 9.90 Å². The molecular weight excluding hydrogens is 815 g/mol. The molecule has 0 radical (unpaired) electrons. The van der Waals surface area contributed by atoms with Crippen LogP contribution in [0.5, 0.6) is 0 Å². The quantitative estimate of drug-likeness (QED) is 0.0391. The number of aliphatic carboxylic acids is 1. The molecule has 7 rings (SSSR count). The number of carboxylic acids is 1. The Kier molecular flexibility index (Phi) is 16.2. The standard InChI is InChI=1S/C54H59N5O2S2/c1-4-7-10-15-22-40-35-49(62-48(40)37-42(38-55)54(60)61)46-32-33-47(52-51(46)56-58(57-52)34-21-12-9-6-3)50-36-41(23-16-11-8-5-2)53(63-50)39-28-30-45(31-29-39)59(43-24-17-13-18-25-43)44-26-19-14-20-27-44/h13-14,17-20,24-33,35-37H,4-12,15-16,21-23,34H2,1-3H3,(H,60,61)/b42-37+. The van der Waals surface area contributed by atoms with Crippen LogP contribution in [0.15, 0.2) is 115 Å². The molecule has 3 heterocycles. The van der Waals surface area contributed by atoms with E-state index in [1.165, 1.54) is 57.9 Å². The fourth-order valence-electron chi connectivity index (χ4n) is 8.22. The second kappa shape index (κ2) is 22.5. The number of rotatable bonds is 23. The van der Waals surface area contributed by atoms with E-state index in [9.17, 15) is 15.2 Å². The van der Waals surface area contributed by atoms with Gasteiger partial charge in [0.2, 0.25) is 0 Å². The van der Waals surface area contributed by atoms with Crippen LogP contribution in [0.2, 0.25) is 0 Å². The highest BCUT2D eigenvalue weighted by molar-refractivity contribution is 7.19. The SMILES string of the molecule is CCCCCCc1cc(-c2ccc(-c3cc(CCCCCC)c(-c4ccc(N(c5ccccc5)c5ccccc5)cc4)s3)c3nn(CCCCCC)nc23)sc1/C=C(\C#N)C(=O)O. The summed E-state index contributed by atoms with van der Waals surface area (Å²) in [5.41, 5.74) is 10.5. The number of hydrogen-bond donors (Lipinski definition) is 1. The number of unbranched alkanes of at least 4 members (excludes halogenated alkanes) is 9. The van der Waals surface area contributed by atoms with Gasteiger partial charge in [0.15, 0.2) is 0 Å². The molecule has 7 aromatic rings. The molecule has 63 heavy (non-hydrogen) atoms. The van der Waals surface area contributed by atoms with E-state index in [-0.39, 0.29) is 5.57 Å². The number of para-hydroxylation sites is 2. The van der Waals surface area contributed by atoms with E-state index in [1.807, 2.05) is 22.2 Å². The van der Waals surface area contributed by atoms with Gasteiger partial charge in [0.25, 0.3) is 0 Å². The number of thiophene rings is 2. The molecule has 0 saturated heterocycles. The molecule has 0 saturated carbocycles. The summed E-state index contributed by atoms with van der Waals surface area (Å²) in [6.45, 7) is 7.43. The number of aromatic nitrogens is 3. The lowest BCUT2D eigenvalue weighted by Crippen LogP contribution is -2.09. The Bertz CT molecular complexity index is 2590. The second-order valence-corrected chi connectivity index (χ2v) is 18.5. The first-order valence-electron chi connectivity index (χ1n) is 22.9. The Morgan fingerprint density at radius 3 is 1.70 bits per heavy atom. The Labute approximate surface area is 381 Å². The predicted molar refractivity (Wildman–Crippen MR) is 265 cm³/mol. The van der Waals surface area contributed by atoms with E-state index < -0.39 is 5.97 Å². The van der Waals surface area contributed by atoms with E-state index >= 15 is 0 Å². The summed E-state index contributed by atoms with van der Waals surface area (Å²) in [5, 5.41) is 29.8. The first-order chi connectivity index (χ1) is 30.9. The van der Waals surface area contributed by atoms with Crippen LogP contribution in [-0.2, 0) is 24.2 Å². The third kappa shape index (κ3) is 11.2. The molecule has 0 aliphatic heterocycles. The summed E-state index contributed by atoms with van der Waals surface area (Å²) < 4.78 is 0. The number of nitriles is 1. The first-order valence-corrected chi connectivity index (χ1v) is 24.5. The predicted octanol–water partition coefficient (Wildman–Crippen LogP) is 15.8. The number of carbonyl (C=O) groups is 1. The van der Waals surface area contributed by atoms with Crippen LogP contribution in [0.3, 0.4) is 0 Å². The summed E-state index contributed by atoms with van der Waals surface area (Å²) in [4.78, 5) is 20.4. The van der Waals surface area contributed by atoms with Gasteiger partial charge in [-0.1, -0.05) is 139 Å². The fourth-order valence-corrected chi connectivity index (χ4v) is 10.6. The number of hydrogen-bond acceptors (Lipinski definition) is 7. The van der Waals surface area contributed by atoms with Crippen LogP contribution in [0.1, 0.15) is 114 Å². The smallest absolute Gasteiger partial charge is 0.346 e. The van der Waals surface area contributed by atoms with Crippen LogP contribution >= 0.6 is 22.7 Å². The van der Waals surface area contributed by atoms with Gasteiger partial charge < -0.3 is 10.0 Å². The maximum absolute atomic E-state index is 11.9. The van der Waals surface area contributed by atoms with E-state index in [4.69, 9.17) is 10.2 Å². The normalized spacial score (nSPS) is 11.6. The molecule has 4 aromatic carbocycles. The minimum Gasteiger partial charge on any atom is -0.477 e. The maximum atomic E-state index is 11.9. The monoisotopic (exact) mass is 873 g/mol. The van der Waals surface area contributed by atoms with Crippen LogP contribution in [0.25, 0.3) is 48.4 Å². The van der Waals surface area contributed by atoms with Gasteiger partial charge >= 0.3 is 5.97 Å². The van der Waals surface area contributed by atoms with Gasteiger partial charge in [0.1, 0.15) is 22.7 Å². The number of benzene rings is 4. The Balaban J connectivity index is 1.31. The van der Waals surface area contributed by atoms with Crippen molar-refractivity contribution in [1.82, 2.24) is 15.0 Å². The average molecular weight is 874 g/mol. The van der Waals surface area contributed by atoms with E-state index in [0.29, 0.717) is 0 Å². The molecule has 0 aliphatic carbocycles. The molecule has 0 spiro atoms. The molecule has 9 heteroatoms. The van der Waals surface area contributed by atoms with Crippen molar-refractivity contribution in [3.63, 3.8) is 0 Å². The molecule has 0 unspecified atom stereocenters. The maximum Gasteiger partial charge on any atom is 0.346 e. The summed E-state index contributed by atoms with van der Waals surface area (Å²) >= 11 is 3.37. The molecule has 0 bridgehead atoms. The highest BCUT2D eigenvalue weighted by atomic mass is 32.1. The number of carboxylic acid groups (broad SMARTS) is 1. The van der Waals surface area contributed by atoms with Gasteiger partial charge in [0.05, 0.1) is 6.54 Å². The Morgan fingerprint density at radius 1 is 0.651 bits per heavy atom. The Hall–Kier alpha value is -5.82. The highest BCUT2D eigenvalue weighted by Crippen LogP contribution is 2.45. The molecule has 7 nitrogen and oxygen atoms in total. The molecule has 1 N–H and O–H groups in total. The molecular formula is C54H59N5O2S2. The van der Waals surface area contributed by atoms with E-state index in [2.05, 4.69) is 135 Å². The van der Waals surface area contributed by atoms with Crippen LogP contribution in [0, 0.1) is 11.3 Å². The van der Waals surface area contributed by atoms with E-state index in [1.54, 1.807) is 6.08 Å². The number of fused-ring (bicyclic) bond motifs is 1. The van der Waals surface area contributed by atoms with Gasteiger partial charge in [-0.05, 0) is 103 Å². The van der Waals surface area contributed by atoms with Crippen molar-refractivity contribution in [3.8, 4) is 37.4 Å². The van der Waals surface area contributed by atoms with Crippen LogP contribution in [0.4, 0.5) is 17.1 Å². The third-order valence-electron chi connectivity index (χ3n) is 11.6. The lowest BCUT2D eigenvalue weighted by Gasteiger charge is -2.25. The fraction of sp³-hybridized carbons (Fsp3) is 0.333. The van der Waals surface area contributed by atoms with Gasteiger partial charge in [-0.15, -0.1) is 22.7 Å². The Morgan fingerprint density at radius 2 is 1.16 bits per heavy atom. The van der Waals surface area contributed by atoms with Crippen molar-refractivity contribution in [2.45, 2.75) is 117 Å². The minimum absolute atomic E-state index is 0.255. The molecule has 0 fully saturated rings. The highest BCUT2D eigenvalue weighted by Gasteiger charge is 2.22. The molecule has 0 aliphatic rings. The van der Waals surface area contributed by atoms with Crippen molar-refractivity contribution in [2.24, 2.45) is 0 Å². The first kappa shape index (κ1) is 45.2. The molecule has 3 aromatic heterocycles.